The van der Waals surface area contributed by atoms with E-state index in [2.05, 4.69) is 10.3 Å². The molecule has 0 unspecified atom stereocenters. The molecule has 2 aromatic carbocycles. The molecule has 0 atom stereocenters. The molecule has 0 fully saturated rings. The van der Waals surface area contributed by atoms with E-state index < -0.39 is 5.91 Å². The monoisotopic (exact) mass is 442 g/mol. The molecule has 0 aliphatic carbocycles. The largest absolute Gasteiger partial charge is 0.366 e. The third-order valence-electron chi connectivity index (χ3n) is 5.93. The summed E-state index contributed by atoms with van der Waals surface area (Å²) in [6.07, 6.45) is 0. The summed E-state index contributed by atoms with van der Waals surface area (Å²) in [5, 5.41) is 3.74. The Balaban J connectivity index is 1.68. The van der Waals surface area contributed by atoms with E-state index in [0.29, 0.717) is 23.2 Å². The molecule has 2 amide bonds. The van der Waals surface area contributed by atoms with Gasteiger partial charge >= 0.3 is 0 Å². The van der Waals surface area contributed by atoms with Crippen LogP contribution in [0.2, 0.25) is 0 Å². The molecule has 2 heterocycles. The van der Waals surface area contributed by atoms with Crippen molar-refractivity contribution in [1.82, 2.24) is 14.9 Å². The number of primary amides is 1. The van der Waals surface area contributed by atoms with Crippen molar-refractivity contribution < 1.29 is 9.59 Å². The van der Waals surface area contributed by atoms with Crippen molar-refractivity contribution in [3.8, 4) is 0 Å². The van der Waals surface area contributed by atoms with Crippen molar-refractivity contribution >= 4 is 22.7 Å². The number of aromatic nitrogens is 2. The summed E-state index contributed by atoms with van der Waals surface area (Å²) in [6, 6.07) is 16.8. The van der Waals surface area contributed by atoms with E-state index in [1.54, 1.807) is 18.2 Å². The Labute approximate surface area is 191 Å². The second-order valence-corrected chi connectivity index (χ2v) is 8.25. The second kappa shape index (κ2) is 8.78. The number of aryl methyl sites for hydroxylation is 2. The van der Waals surface area contributed by atoms with Crippen LogP contribution in [0.5, 0.6) is 0 Å². The Kier molecular flexibility index (Phi) is 5.87. The third-order valence-corrected chi connectivity index (χ3v) is 5.93. The quantitative estimate of drug-likeness (QED) is 0.426. The minimum absolute atomic E-state index is 0.139. The van der Waals surface area contributed by atoms with Crippen LogP contribution in [0.3, 0.4) is 0 Å². The van der Waals surface area contributed by atoms with Crippen LogP contribution in [0, 0.1) is 20.8 Å². The van der Waals surface area contributed by atoms with Gasteiger partial charge in [-0.3, -0.25) is 14.4 Å². The molecule has 0 bridgehead atoms. The molecule has 4 aromatic rings. The molecule has 2 aromatic heterocycles. The molecule has 0 aliphatic rings. The molecular formula is C26H26N4O3. The lowest BCUT2D eigenvalue weighted by molar-refractivity contribution is 0.0950. The molecule has 33 heavy (non-hydrogen) atoms. The first-order valence-electron chi connectivity index (χ1n) is 10.7. The van der Waals surface area contributed by atoms with E-state index in [1.807, 2.05) is 61.7 Å². The van der Waals surface area contributed by atoms with Crippen LogP contribution in [-0.2, 0) is 13.1 Å². The minimum atomic E-state index is -0.479. The van der Waals surface area contributed by atoms with Crippen molar-refractivity contribution in [3.05, 3.63) is 104 Å². The average molecular weight is 443 g/mol. The zero-order valence-corrected chi connectivity index (χ0v) is 18.9. The number of nitrogens with two attached hydrogens (primary N) is 1. The van der Waals surface area contributed by atoms with Crippen LogP contribution < -0.4 is 16.6 Å². The first-order valence-corrected chi connectivity index (χ1v) is 10.7. The van der Waals surface area contributed by atoms with Gasteiger partial charge in [0.15, 0.2) is 0 Å². The van der Waals surface area contributed by atoms with E-state index in [-0.39, 0.29) is 18.0 Å². The predicted molar refractivity (Wildman–Crippen MR) is 128 cm³/mol. The van der Waals surface area contributed by atoms with E-state index >= 15 is 0 Å². The highest BCUT2D eigenvalue weighted by Gasteiger charge is 2.20. The number of hydrogen-bond donors (Lipinski definition) is 3. The number of amides is 2. The molecular weight excluding hydrogens is 416 g/mol. The highest BCUT2D eigenvalue weighted by atomic mass is 16.2. The van der Waals surface area contributed by atoms with Gasteiger partial charge in [-0.2, -0.15) is 0 Å². The summed E-state index contributed by atoms with van der Waals surface area (Å²) in [5.74, 6) is -0.722. The minimum Gasteiger partial charge on any atom is -0.366 e. The van der Waals surface area contributed by atoms with Crippen LogP contribution >= 0.6 is 0 Å². The van der Waals surface area contributed by atoms with Crippen molar-refractivity contribution in [1.29, 1.82) is 0 Å². The molecule has 0 radical (unpaired) electrons. The molecule has 0 saturated heterocycles. The summed E-state index contributed by atoms with van der Waals surface area (Å²) >= 11 is 0. The molecule has 7 nitrogen and oxygen atoms in total. The van der Waals surface area contributed by atoms with Gasteiger partial charge in [0.25, 0.3) is 11.5 Å². The number of pyridine rings is 1. The number of para-hydroxylation sites is 1. The summed E-state index contributed by atoms with van der Waals surface area (Å²) < 4.78 is 2.05. The van der Waals surface area contributed by atoms with Gasteiger partial charge in [0.1, 0.15) is 0 Å². The normalized spacial score (nSPS) is 11.0. The van der Waals surface area contributed by atoms with Crippen LogP contribution in [0.25, 0.3) is 10.9 Å². The molecule has 7 heteroatoms. The first-order chi connectivity index (χ1) is 15.8. The van der Waals surface area contributed by atoms with Gasteiger partial charge in [0.05, 0.1) is 5.56 Å². The average Bonchev–Trinajstić information content (AvgIpc) is 3.04. The molecule has 168 valence electrons. The van der Waals surface area contributed by atoms with E-state index in [4.69, 9.17) is 5.73 Å². The second-order valence-electron chi connectivity index (χ2n) is 8.25. The van der Waals surface area contributed by atoms with Crippen LogP contribution in [0.1, 0.15) is 48.8 Å². The highest BCUT2D eigenvalue weighted by molar-refractivity contribution is 6.08. The molecule has 0 aliphatic heterocycles. The molecule has 0 saturated carbocycles. The lowest BCUT2D eigenvalue weighted by Gasteiger charge is -2.11. The topological polar surface area (TPSA) is 110 Å². The Morgan fingerprint density at radius 3 is 2.52 bits per heavy atom. The molecule has 4 N–H and O–H groups in total. The van der Waals surface area contributed by atoms with Gasteiger partial charge in [-0.1, -0.05) is 30.3 Å². The van der Waals surface area contributed by atoms with E-state index in [9.17, 15) is 14.4 Å². The maximum absolute atomic E-state index is 13.3. The number of carbonyl (C=O) groups excluding carboxylic acids is 2. The summed E-state index contributed by atoms with van der Waals surface area (Å²) in [7, 11) is 0. The number of nitrogens with one attached hydrogen (secondary N) is 2. The fourth-order valence-corrected chi connectivity index (χ4v) is 4.29. The first kappa shape index (κ1) is 22.1. The Morgan fingerprint density at radius 1 is 1.03 bits per heavy atom. The van der Waals surface area contributed by atoms with E-state index in [0.717, 1.165) is 33.4 Å². The van der Waals surface area contributed by atoms with Crippen LogP contribution in [0.4, 0.5) is 0 Å². The van der Waals surface area contributed by atoms with Crippen molar-refractivity contribution in [2.24, 2.45) is 5.73 Å². The van der Waals surface area contributed by atoms with Crippen molar-refractivity contribution in [2.75, 3.05) is 0 Å². The van der Waals surface area contributed by atoms with Gasteiger partial charge in [-0.15, -0.1) is 0 Å². The zero-order chi connectivity index (χ0) is 23.7. The van der Waals surface area contributed by atoms with Crippen molar-refractivity contribution in [2.45, 2.75) is 33.9 Å². The smallest absolute Gasteiger partial charge is 0.254 e. The molecule has 4 rings (SSSR count). The van der Waals surface area contributed by atoms with Crippen molar-refractivity contribution in [3.63, 3.8) is 0 Å². The Hall–Kier alpha value is -4.13. The fourth-order valence-electron chi connectivity index (χ4n) is 4.29. The van der Waals surface area contributed by atoms with Crippen LogP contribution in [0.15, 0.2) is 59.4 Å². The SMILES string of the molecule is Cc1cc(C)c(CNC(=O)c2c(C)n(Cc3cccc(C(N)=O)c3)c3ccccc23)c(=O)[nH]1. The highest BCUT2D eigenvalue weighted by Crippen LogP contribution is 2.27. The number of H-pyrrole nitrogens is 1. The maximum atomic E-state index is 13.3. The number of hydrogen-bond acceptors (Lipinski definition) is 3. The summed E-state index contributed by atoms with van der Waals surface area (Å²) in [5.41, 5.74) is 11.0. The number of aromatic amines is 1. The number of nitrogens with zero attached hydrogens (tertiary/aromatic N) is 1. The number of benzene rings is 2. The van der Waals surface area contributed by atoms with Gasteiger partial charge in [0.2, 0.25) is 5.91 Å². The Bertz CT molecular complexity index is 1450. The molecule has 0 spiro atoms. The summed E-state index contributed by atoms with van der Waals surface area (Å²) in [4.78, 5) is 39.9. The van der Waals surface area contributed by atoms with Gasteiger partial charge < -0.3 is 20.6 Å². The number of carbonyl (C=O) groups is 2. The lowest BCUT2D eigenvalue weighted by atomic mass is 10.1. The fraction of sp³-hybridized carbons (Fsp3) is 0.192. The summed E-state index contributed by atoms with van der Waals surface area (Å²) in [6.45, 7) is 6.21. The number of fused-ring (bicyclic) bond motifs is 1. The lowest BCUT2D eigenvalue weighted by Crippen LogP contribution is -2.28. The van der Waals surface area contributed by atoms with Crippen LogP contribution in [-0.4, -0.2) is 21.4 Å². The zero-order valence-electron chi connectivity index (χ0n) is 18.9. The number of rotatable bonds is 6. The maximum Gasteiger partial charge on any atom is 0.254 e. The van der Waals surface area contributed by atoms with Gasteiger partial charge in [-0.25, -0.2) is 0 Å². The van der Waals surface area contributed by atoms with Gasteiger partial charge in [0, 0.05) is 46.5 Å². The standard InChI is InChI=1S/C26H26N4O3/c1-15-11-16(2)29-25(32)21(15)13-28-26(33)23-17(3)30(22-10-5-4-9-20(22)23)14-18-7-6-8-19(12-18)24(27)31/h4-12H,13-14H2,1-3H3,(H2,27,31)(H,28,33)(H,29,32). The van der Waals surface area contributed by atoms with Gasteiger partial charge in [-0.05, 0) is 56.2 Å². The Morgan fingerprint density at radius 2 is 1.79 bits per heavy atom. The predicted octanol–water partition coefficient (Wildman–Crippen LogP) is 3.33. The third kappa shape index (κ3) is 4.30. The van der Waals surface area contributed by atoms with E-state index in [1.165, 1.54) is 0 Å².